The molecule has 0 fully saturated rings. The van der Waals surface area contributed by atoms with E-state index in [9.17, 15) is 4.79 Å². The van der Waals surface area contributed by atoms with E-state index in [-0.39, 0.29) is 18.3 Å². The molecule has 0 atom stereocenters. The molecule has 0 unspecified atom stereocenters. The van der Waals surface area contributed by atoms with Gasteiger partial charge in [0.15, 0.2) is 10.9 Å². The molecule has 3 aromatic rings. The number of amides is 1. The van der Waals surface area contributed by atoms with Crippen LogP contribution in [0.3, 0.4) is 0 Å². The lowest BCUT2D eigenvalue weighted by Crippen LogP contribution is -2.38. The summed E-state index contributed by atoms with van der Waals surface area (Å²) in [5.74, 6) is 0.176. The highest BCUT2D eigenvalue weighted by molar-refractivity contribution is 9.10. The van der Waals surface area contributed by atoms with Gasteiger partial charge in [-0.1, -0.05) is 41.1 Å². The van der Waals surface area contributed by atoms with Gasteiger partial charge in [0.1, 0.15) is 0 Å². The van der Waals surface area contributed by atoms with Crippen molar-refractivity contribution >= 4 is 60.9 Å². The summed E-state index contributed by atoms with van der Waals surface area (Å²) < 4.78 is 7.36. The lowest BCUT2D eigenvalue weighted by atomic mass is 10.3. The maximum Gasteiger partial charge on any atom is 0.295 e. The van der Waals surface area contributed by atoms with E-state index in [2.05, 4.69) is 39.7 Å². The van der Waals surface area contributed by atoms with Crippen LogP contribution in [0.1, 0.15) is 24.4 Å². The number of thiazole rings is 1. The molecule has 140 valence electrons. The van der Waals surface area contributed by atoms with Crippen LogP contribution in [0.5, 0.6) is 0 Å². The molecular formula is C18H21BrClN3O2S. The van der Waals surface area contributed by atoms with Crippen LogP contribution < -0.4 is 4.90 Å². The number of halogens is 2. The van der Waals surface area contributed by atoms with E-state index in [1.54, 1.807) is 17.0 Å². The number of nitrogens with zero attached hydrogens (tertiary/aromatic N) is 3. The van der Waals surface area contributed by atoms with Crippen LogP contribution in [0.4, 0.5) is 5.13 Å². The molecule has 0 spiro atoms. The number of fused-ring (bicyclic) bond motifs is 1. The van der Waals surface area contributed by atoms with Gasteiger partial charge in [-0.3, -0.25) is 9.69 Å². The number of rotatable bonds is 7. The molecule has 0 bridgehead atoms. The number of anilines is 1. The summed E-state index contributed by atoms with van der Waals surface area (Å²) in [7, 11) is 0. The summed E-state index contributed by atoms with van der Waals surface area (Å²) >= 11 is 5.00. The fourth-order valence-corrected chi connectivity index (χ4v) is 4.14. The van der Waals surface area contributed by atoms with Crippen LogP contribution in [-0.2, 0) is 0 Å². The Morgan fingerprint density at radius 3 is 2.65 bits per heavy atom. The Kier molecular flexibility index (Phi) is 7.64. The van der Waals surface area contributed by atoms with Gasteiger partial charge in [-0.25, -0.2) is 4.98 Å². The molecule has 3 rings (SSSR count). The highest BCUT2D eigenvalue weighted by atomic mass is 79.9. The smallest absolute Gasteiger partial charge is 0.295 e. The van der Waals surface area contributed by atoms with E-state index < -0.39 is 0 Å². The normalized spacial score (nSPS) is 10.9. The largest absolute Gasteiger partial charge is 0.459 e. The van der Waals surface area contributed by atoms with E-state index >= 15 is 0 Å². The molecule has 5 nitrogen and oxygen atoms in total. The molecule has 0 radical (unpaired) electrons. The van der Waals surface area contributed by atoms with Crippen molar-refractivity contribution < 1.29 is 9.21 Å². The zero-order valence-corrected chi connectivity index (χ0v) is 17.9. The Labute approximate surface area is 171 Å². The van der Waals surface area contributed by atoms with E-state index in [0.717, 1.165) is 34.3 Å². The predicted molar refractivity (Wildman–Crippen MR) is 113 cm³/mol. The first-order valence-corrected chi connectivity index (χ1v) is 9.87. The first-order chi connectivity index (χ1) is 12.1. The Bertz CT molecular complexity index is 849. The third kappa shape index (κ3) is 4.65. The van der Waals surface area contributed by atoms with Crippen LogP contribution in [0.2, 0.25) is 0 Å². The first-order valence-electron chi connectivity index (χ1n) is 8.26. The molecule has 0 N–H and O–H groups in total. The molecule has 8 heteroatoms. The average molecular weight is 459 g/mol. The molecule has 2 aromatic heterocycles. The third-order valence-corrected chi connectivity index (χ3v) is 5.62. The van der Waals surface area contributed by atoms with Crippen molar-refractivity contribution in [3.8, 4) is 0 Å². The van der Waals surface area contributed by atoms with Crippen LogP contribution in [0.15, 0.2) is 45.5 Å². The molecule has 0 saturated heterocycles. The molecule has 0 saturated carbocycles. The SMILES string of the molecule is CCN(CC)CCN(C(=O)c1ccco1)c1nc2ccc(Br)cc2s1.Cl. The van der Waals surface area contributed by atoms with Gasteiger partial charge < -0.3 is 9.32 Å². The number of hydrogen-bond donors (Lipinski definition) is 0. The number of carbonyl (C=O) groups is 1. The topological polar surface area (TPSA) is 49.6 Å². The van der Waals surface area contributed by atoms with Crippen molar-refractivity contribution in [2.45, 2.75) is 13.8 Å². The Morgan fingerprint density at radius 1 is 1.23 bits per heavy atom. The summed E-state index contributed by atoms with van der Waals surface area (Å²) in [5, 5.41) is 0.696. The van der Waals surface area contributed by atoms with Gasteiger partial charge in [-0.05, 0) is 43.4 Å². The first kappa shape index (κ1) is 20.9. The number of carbonyl (C=O) groups excluding carboxylic acids is 1. The van der Waals surface area contributed by atoms with Gasteiger partial charge in [0, 0.05) is 17.6 Å². The van der Waals surface area contributed by atoms with Gasteiger partial charge in [-0.15, -0.1) is 12.4 Å². The minimum absolute atomic E-state index is 0. The van der Waals surface area contributed by atoms with Gasteiger partial charge in [0.25, 0.3) is 5.91 Å². The number of benzene rings is 1. The number of aromatic nitrogens is 1. The maximum atomic E-state index is 12.9. The van der Waals surface area contributed by atoms with Crippen molar-refractivity contribution in [1.29, 1.82) is 0 Å². The van der Waals surface area contributed by atoms with Crippen molar-refractivity contribution in [2.75, 3.05) is 31.1 Å². The molecule has 0 aliphatic heterocycles. The van der Waals surface area contributed by atoms with Crippen molar-refractivity contribution in [1.82, 2.24) is 9.88 Å². The lowest BCUT2D eigenvalue weighted by Gasteiger charge is -2.24. The molecule has 26 heavy (non-hydrogen) atoms. The zero-order valence-electron chi connectivity index (χ0n) is 14.6. The van der Waals surface area contributed by atoms with Crippen LogP contribution >= 0.6 is 39.7 Å². The lowest BCUT2D eigenvalue weighted by molar-refractivity contribution is 0.0957. The Balaban J connectivity index is 0.00000243. The fourth-order valence-electron chi connectivity index (χ4n) is 2.60. The monoisotopic (exact) mass is 457 g/mol. The Morgan fingerprint density at radius 2 is 2.00 bits per heavy atom. The summed E-state index contributed by atoms with van der Waals surface area (Å²) in [6, 6.07) is 9.36. The molecule has 2 heterocycles. The van der Waals surface area contributed by atoms with Gasteiger partial charge in [0.05, 0.1) is 16.5 Å². The standard InChI is InChI=1S/C18H20BrN3O2S.ClH/c1-3-21(4-2)9-10-22(17(23)15-6-5-11-24-15)18-20-14-8-7-13(19)12-16(14)25-18;/h5-8,11-12H,3-4,9-10H2,1-2H3;1H. The highest BCUT2D eigenvalue weighted by Gasteiger charge is 2.23. The second kappa shape index (κ2) is 9.50. The van der Waals surface area contributed by atoms with Gasteiger partial charge >= 0.3 is 0 Å². The molecule has 1 amide bonds. The maximum absolute atomic E-state index is 12.9. The average Bonchev–Trinajstić information content (AvgIpc) is 3.27. The molecular weight excluding hydrogens is 438 g/mol. The summed E-state index contributed by atoms with van der Waals surface area (Å²) in [4.78, 5) is 21.6. The van der Waals surface area contributed by atoms with Crippen LogP contribution in [-0.4, -0.2) is 42.0 Å². The van der Waals surface area contributed by atoms with Crippen molar-refractivity contribution in [2.24, 2.45) is 0 Å². The van der Waals surface area contributed by atoms with Crippen molar-refractivity contribution in [3.05, 3.63) is 46.8 Å². The Hall–Kier alpha value is -1.41. The van der Waals surface area contributed by atoms with E-state index in [1.165, 1.54) is 17.6 Å². The van der Waals surface area contributed by atoms with Crippen LogP contribution in [0, 0.1) is 0 Å². The third-order valence-electron chi connectivity index (χ3n) is 4.08. The summed E-state index contributed by atoms with van der Waals surface area (Å²) in [5.41, 5.74) is 0.892. The van der Waals surface area contributed by atoms with Gasteiger partial charge in [-0.2, -0.15) is 0 Å². The summed E-state index contributed by atoms with van der Waals surface area (Å²) in [6.45, 7) is 7.51. The minimum Gasteiger partial charge on any atom is -0.459 e. The predicted octanol–water partition coefficient (Wildman–Crippen LogP) is 5.06. The number of hydrogen-bond acceptors (Lipinski definition) is 5. The van der Waals surface area contributed by atoms with E-state index in [4.69, 9.17) is 4.42 Å². The van der Waals surface area contributed by atoms with E-state index in [1.807, 2.05) is 18.2 Å². The number of furan rings is 1. The highest BCUT2D eigenvalue weighted by Crippen LogP contribution is 2.31. The van der Waals surface area contributed by atoms with Gasteiger partial charge in [0.2, 0.25) is 0 Å². The molecule has 1 aromatic carbocycles. The second-order valence-electron chi connectivity index (χ2n) is 5.57. The number of likely N-dealkylation sites (N-methyl/N-ethyl adjacent to an activating group) is 1. The minimum atomic E-state index is -0.157. The quantitative estimate of drug-likeness (QED) is 0.496. The molecule has 0 aliphatic rings. The van der Waals surface area contributed by atoms with Crippen LogP contribution in [0.25, 0.3) is 10.2 Å². The zero-order chi connectivity index (χ0) is 17.8. The summed E-state index contributed by atoms with van der Waals surface area (Å²) in [6.07, 6.45) is 1.52. The molecule has 0 aliphatic carbocycles. The van der Waals surface area contributed by atoms with E-state index in [0.29, 0.717) is 17.4 Å². The second-order valence-corrected chi connectivity index (χ2v) is 7.49. The van der Waals surface area contributed by atoms with Crippen molar-refractivity contribution in [3.63, 3.8) is 0 Å². The fraction of sp³-hybridized carbons (Fsp3) is 0.333.